The summed E-state index contributed by atoms with van der Waals surface area (Å²) < 4.78 is 26.1. The first kappa shape index (κ1) is 9.17. The summed E-state index contributed by atoms with van der Waals surface area (Å²) in [6, 6.07) is 1.69. The van der Waals surface area contributed by atoms with Crippen LogP contribution in [0.15, 0.2) is 12.3 Å². The molecule has 68 valence electrons. The summed E-state index contributed by atoms with van der Waals surface area (Å²) in [7, 11) is -2.00. The van der Waals surface area contributed by atoms with Gasteiger partial charge in [0.25, 0.3) is 10.2 Å². The molecule has 0 saturated carbocycles. The van der Waals surface area contributed by atoms with Crippen LogP contribution >= 0.6 is 0 Å². The molecule has 12 heavy (non-hydrogen) atoms. The minimum atomic E-state index is -3.34. The van der Waals surface area contributed by atoms with Gasteiger partial charge in [0.2, 0.25) is 0 Å². The van der Waals surface area contributed by atoms with Gasteiger partial charge in [-0.3, -0.25) is 5.10 Å². The fraction of sp³-hybridized carbons (Fsp3) is 0.400. The second-order valence-electron chi connectivity index (χ2n) is 2.11. The summed E-state index contributed by atoms with van der Waals surface area (Å²) in [5.74, 6) is 0. The average Bonchev–Trinajstić information content (AvgIpc) is 2.53. The molecular formula is C5H10N4O2S. The Labute approximate surface area is 70.6 Å². The molecular weight excluding hydrogens is 180 g/mol. The fourth-order valence-corrected chi connectivity index (χ4v) is 1.12. The summed E-state index contributed by atoms with van der Waals surface area (Å²) in [4.78, 5) is 0. The highest BCUT2D eigenvalue weighted by molar-refractivity contribution is 7.87. The van der Waals surface area contributed by atoms with Crippen LogP contribution in [-0.4, -0.2) is 25.7 Å². The van der Waals surface area contributed by atoms with E-state index in [0.29, 0.717) is 5.69 Å². The Morgan fingerprint density at radius 3 is 2.92 bits per heavy atom. The molecule has 0 unspecified atom stereocenters. The molecule has 1 rings (SSSR count). The standard InChI is InChI=1S/C5H10N4O2S/c1-6-12(10,11)8-4-5-2-3-7-9-5/h2-3,6,8H,4H2,1H3,(H,7,9). The first-order valence-electron chi connectivity index (χ1n) is 3.30. The van der Waals surface area contributed by atoms with Crippen molar-refractivity contribution in [3.05, 3.63) is 18.0 Å². The second-order valence-corrected chi connectivity index (χ2v) is 3.81. The van der Waals surface area contributed by atoms with Crippen LogP contribution in [0.5, 0.6) is 0 Å². The molecule has 1 heterocycles. The molecule has 0 bridgehead atoms. The maximum atomic E-state index is 10.8. The van der Waals surface area contributed by atoms with Crippen molar-refractivity contribution in [2.45, 2.75) is 6.54 Å². The molecule has 0 saturated heterocycles. The van der Waals surface area contributed by atoms with E-state index in [-0.39, 0.29) is 6.54 Å². The zero-order chi connectivity index (χ0) is 9.03. The summed E-state index contributed by atoms with van der Waals surface area (Å²) in [5, 5.41) is 6.30. The largest absolute Gasteiger partial charge is 0.281 e. The molecule has 0 aliphatic carbocycles. The first-order valence-corrected chi connectivity index (χ1v) is 4.79. The molecule has 0 amide bonds. The molecule has 0 fully saturated rings. The molecule has 0 aliphatic rings. The van der Waals surface area contributed by atoms with Gasteiger partial charge in [0, 0.05) is 13.2 Å². The lowest BCUT2D eigenvalue weighted by Gasteiger charge is -2.01. The minimum absolute atomic E-state index is 0.211. The van der Waals surface area contributed by atoms with Crippen molar-refractivity contribution >= 4 is 10.2 Å². The fourth-order valence-electron chi connectivity index (χ4n) is 0.628. The van der Waals surface area contributed by atoms with E-state index in [4.69, 9.17) is 0 Å². The lowest BCUT2D eigenvalue weighted by atomic mass is 10.4. The van der Waals surface area contributed by atoms with Crippen molar-refractivity contribution < 1.29 is 8.42 Å². The van der Waals surface area contributed by atoms with Crippen LogP contribution in [0.2, 0.25) is 0 Å². The topological polar surface area (TPSA) is 86.9 Å². The molecule has 0 atom stereocenters. The molecule has 6 nitrogen and oxygen atoms in total. The van der Waals surface area contributed by atoms with E-state index in [1.807, 2.05) is 0 Å². The predicted molar refractivity (Wildman–Crippen MR) is 43.4 cm³/mol. The molecule has 0 radical (unpaired) electrons. The van der Waals surface area contributed by atoms with Crippen molar-refractivity contribution in [2.75, 3.05) is 7.05 Å². The van der Waals surface area contributed by atoms with Crippen LogP contribution in [-0.2, 0) is 16.8 Å². The summed E-state index contributed by atoms with van der Waals surface area (Å²) >= 11 is 0. The first-order chi connectivity index (χ1) is 5.64. The van der Waals surface area contributed by atoms with Gasteiger partial charge in [-0.25, -0.2) is 4.72 Å². The lowest BCUT2D eigenvalue weighted by molar-refractivity contribution is 0.572. The van der Waals surface area contributed by atoms with Gasteiger partial charge in [-0.15, -0.1) is 0 Å². The van der Waals surface area contributed by atoms with E-state index in [1.165, 1.54) is 7.05 Å². The summed E-state index contributed by atoms with van der Waals surface area (Å²) in [6.07, 6.45) is 1.56. The Balaban J connectivity index is 2.47. The average molecular weight is 190 g/mol. The number of nitrogens with zero attached hydrogens (tertiary/aromatic N) is 1. The highest BCUT2D eigenvalue weighted by Gasteiger charge is 2.04. The molecule has 7 heteroatoms. The zero-order valence-corrected chi connectivity index (χ0v) is 7.35. The highest BCUT2D eigenvalue weighted by Crippen LogP contribution is 1.90. The molecule has 0 aliphatic heterocycles. The van der Waals surface area contributed by atoms with Crippen molar-refractivity contribution in [3.63, 3.8) is 0 Å². The maximum absolute atomic E-state index is 10.8. The zero-order valence-electron chi connectivity index (χ0n) is 6.53. The van der Waals surface area contributed by atoms with Gasteiger partial charge in [-0.1, -0.05) is 0 Å². The van der Waals surface area contributed by atoms with E-state index in [9.17, 15) is 8.42 Å². The van der Waals surface area contributed by atoms with E-state index in [2.05, 4.69) is 19.6 Å². The second kappa shape index (κ2) is 3.65. The quantitative estimate of drug-likeness (QED) is 0.567. The number of hydrogen-bond donors (Lipinski definition) is 3. The smallest absolute Gasteiger partial charge is 0.277 e. The molecule has 0 aromatic carbocycles. The number of aromatic amines is 1. The van der Waals surface area contributed by atoms with Crippen LogP contribution < -0.4 is 9.44 Å². The van der Waals surface area contributed by atoms with Gasteiger partial charge in [0.15, 0.2) is 0 Å². The Morgan fingerprint density at radius 1 is 1.67 bits per heavy atom. The van der Waals surface area contributed by atoms with Crippen LogP contribution in [0.4, 0.5) is 0 Å². The molecule has 1 aromatic rings. The lowest BCUT2D eigenvalue weighted by Crippen LogP contribution is -2.33. The third kappa shape index (κ3) is 2.61. The Kier molecular flexibility index (Phi) is 2.79. The molecule has 0 spiro atoms. The number of rotatable bonds is 4. The number of aromatic nitrogens is 2. The van der Waals surface area contributed by atoms with Crippen LogP contribution in [0.3, 0.4) is 0 Å². The van der Waals surface area contributed by atoms with Gasteiger partial charge in [0.05, 0.1) is 12.2 Å². The third-order valence-electron chi connectivity index (χ3n) is 1.28. The number of H-pyrrole nitrogens is 1. The number of nitrogens with one attached hydrogen (secondary N) is 3. The van der Waals surface area contributed by atoms with Gasteiger partial charge in [-0.05, 0) is 6.07 Å². The Hall–Kier alpha value is -0.920. The van der Waals surface area contributed by atoms with Crippen LogP contribution in [0.25, 0.3) is 0 Å². The van der Waals surface area contributed by atoms with Crippen molar-refractivity contribution in [2.24, 2.45) is 0 Å². The van der Waals surface area contributed by atoms with Gasteiger partial charge < -0.3 is 0 Å². The number of hydrogen-bond acceptors (Lipinski definition) is 3. The van der Waals surface area contributed by atoms with Crippen molar-refractivity contribution in [3.8, 4) is 0 Å². The van der Waals surface area contributed by atoms with Gasteiger partial charge in [0.1, 0.15) is 0 Å². The SMILES string of the molecule is CNS(=O)(=O)NCc1ccn[nH]1. The minimum Gasteiger partial charge on any atom is -0.281 e. The Morgan fingerprint density at radius 2 is 2.42 bits per heavy atom. The van der Waals surface area contributed by atoms with E-state index >= 15 is 0 Å². The van der Waals surface area contributed by atoms with Crippen LogP contribution in [0, 0.1) is 0 Å². The maximum Gasteiger partial charge on any atom is 0.277 e. The van der Waals surface area contributed by atoms with Gasteiger partial charge >= 0.3 is 0 Å². The van der Waals surface area contributed by atoms with E-state index < -0.39 is 10.2 Å². The molecule has 1 aromatic heterocycles. The van der Waals surface area contributed by atoms with Gasteiger partial charge in [-0.2, -0.15) is 18.2 Å². The summed E-state index contributed by atoms with van der Waals surface area (Å²) in [5.41, 5.74) is 0.717. The molecule has 3 N–H and O–H groups in total. The van der Waals surface area contributed by atoms with E-state index in [0.717, 1.165) is 0 Å². The third-order valence-corrected chi connectivity index (χ3v) is 2.34. The predicted octanol–water partition coefficient (Wildman–Crippen LogP) is -1.04. The normalized spacial score (nSPS) is 11.8. The van der Waals surface area contributed by atoms with Crippen LogP contribution in [0.1, 0.15) is 5.69 Å². The van der Waals surface area contributed by atoms with Crippen molar-refractivity contribution in [1.29, 1.82) is 0 Å². The monoisotopic (exact) mass is 190 g/mol. The Bertz CT molecular complexity index is 317. The summed E-state index contributed by atoms with van der Waals surface area (Å²) in [6.45, 7) is 0.211. The van der Waals surface area contributed by atoms with E-state index in [1.54, 1.807) is 12.3 Å². The highest BCUT2D eigenvalue weighted by atomic mass is 32.2. The van der Waals surface area contributed by atoms with Crippen molar-refractivity contribution in [1.82, 2.24) is 19.6 Å².